The second-order valence-electron chi connectivity index (χ2n) is 2.82. The Balaban J connectivity index is 2.53. The zero-order chi connectivity index (χ0) is 8.81. The van der Waals surface area contributed by atoms with Gasteiger partial charge in [0, 0.05) is 4.90 Å². The molecule has 0 saturated heterocycles. The van der Waals surface area contributed by atoms with E-state index in [0.29, 0.717) is 0 Å². The van der Waals surface area contributed by atoms with Crippen LogP contribution < -0.4 is 0 Å². The molecule has 0 unspecified atom stereocenters. The van der Waals surface area contributed by atoms with Crippen molar-refractivity contribution in [3.05, 3.63) is 29.8 Å². The summed E-state index contributed by atoms with van der Waals surface area (Å²) in [5.41, 5.74) is 1.41. The lowest BCUT2D eigenvalue weighted by atomic mass is 10.1. The summed E-state index contributed by atoms with van der Waals surface area (Å²) >= 11 is 0. The van der Waals surface area contributed by atoms with Gasteiger partial charge in [-0.25, -0.2) is 0 Å². The normalized spacial score (nSPS) is 10.2. The van der Waals surface area contributed by atoms with Crippen molar-refractivity contribution in [2.75, 3.05) is 0 Å². The number of aryl methyl sites for hydroxylation is 1. The van der Waals surface area contributed by atoms with Gasteiger partial charge in [-0.15, -0.1) is 0 Å². The van der Waals surface area contributed by atoms with Gasteiger partial charge < -0.3 is 0 Å². The van der Waals surface area contributed by atoms with Crippen LogP contribution in [0.25, 0.3) is 0 Å². The largest absolute Gasteiger partial charge is 0.0654 e. The molecule has 0 N–H and O–H groups in total. The third-order valence-electron chi connectivity index (χ3n) is 1.83. The predicted octanol–water partition coefficient (Wildman–Crippen LogP) is 4.28. The highest BCUT2D eigenvalue weighted by Crippen LogP contribution is 2.22. The first-order valence-corrected chi connectivity index (χ1v) is 5.88. The van der Waals surface area contributed by atoms with Crippen molar-refractivity contribution in [3.8, 4) is 0 Å². The average Bonchev–Trinajstić information content (AvgIpc) is 2.15. The summed E-state index contributed by atoms with van der Waals surface area (Å²) in [6.07, 6.45) is 3.71. The van der Waals surface area contributed by atoms with Crippen molar-refractivity contribution in [2.24, 2.45) is 0 Å². The van der Waals surface area contributed by atoms with Crippen molar-refractivity contribution in [2.45, 2.75) is 31.1 Å². The molecule has 0 radical (unpaired) electrons. The quantitative estimate of drug-likeness (QED) is 0.700. The highest BCUT2D eigenvalue weighted by molar-refractivity contribution is 8.21. The van der Waals surface area contributed by atoms with E-state index in [1.807, 2.05) is 0 Å². The van der Waals surface area contributed by atoms with Crippen molar-refractivity contribution < 1.29 is 0 Å². The minimum Gasteiger partial charge on any atom is -0.0654 e. The van der Waals surface area contributed by atoms with Gasteiger partial charge in [0.1, 0.15) is 0 Å². The molecule has 0 aromatic heterocycles. The number of halogens is 1. The highest BCUT2D eigenvalue weighted by atomic mass is 35.7. The van der Waals surface area contributed by atoms with E-state index in [0.717, 1.165) is 4.90 Å². The smallest absolute Gasteiger partial charge is 0.0233 e. The van der Waals surface area contributed by atoms with Crippen LogP contribution in [-0.4, -0.2) is 0 Å². The first kappa shape index (κ1) is 9.94. The van der Waals surface area contributed by atoms with Crippen LogP contribution in [0, 0.1) is 0 Å². The second kappa shape index (κ2) is 5.50. The molecule has 0 fully saturated rings. The molecule has 12 heavy (non-hydrogen) atoms. The zero-order valence-corrected chi connectivity index (χ0v) is 8.79. The molecule has 1 rings (SSSR count). The van der Waals surface area contributed by atoms with Gasteiger partial charge >= 0.3 is 0 Å². The molecule has 1 aromatic carbocycles. The summed E-state index contributed by atoms with van der Waals surface area (Å²) < 4.78 is 0. The van der Waals surface area contributed by atoms with E-state index in [4.69, 9.17) is 10.7 Å². The van der Waals surface area contributed by atoms with Gasteiger partial charge in [-0.3, -0.25) is 0 Å². The predicted molar refractivity (Wildman–Crippen MR) is 56.8 cm³/mol. The molecule has 0 aliphatic rings. The van der Waals surface area contributed by atoms with Crippen LogP contribution in [0.1, 0.15) is 25.3 Å². The van der Waals surface area contributed by atoms with Gasteiger partial charge in [0.15, 0.2) is 0 Å². The lowest BCUT2D eigenvalue weighted by molar-refractivity contribution is 0.794. The minimum absolute atomic E-state index is 1.12. The van der Waals surface area contributed by atoms with Gasteiger partial charge in [0.25, 0.3) is 0 Å². The Morgan fingerprint density at radius 1 is 1.25 bits per heavy atom. The topological polar surface area (TPSA) is 0 Å². The van der Waals surface area contributed by atoms with Crippen LogP contribution in [0.5, 0.6) is 0 Å². The summed E-state index contributed by atoms with van der Waals surface area (Å²) in [5, 5.41) is 0. The third-order valence-corrected chi connectivity index (χ3v) is 2.82. The molecule has 0 nitrogen and oxygen atoms in total. The second-order valence-corrected chi connectivity index (χ2v) is 3.91. The fraction of sp³-hybridized carbons (Fsp3) is 0.400. The average molecular weight is 201 g/mol. The Labute approximate surface area is 82.8 Å². The van der Waals surface area contributed by atoms with E-state index in [2.05, 4.69) is 31.2 Å². The summed E-state index contributed by atoms with van der Waals surface area (Å²) in [6.45, 7) is 2.21. The molecule has 0 saturated carbocycles. The molecule has 0 aliphatic heterocycles. The maximum atomic E-state index is 5.60. The van der Waals surface area contributed by atoms with E-state index < -0.39 is 0 Å². The van der Waals surface area contributed by atoms with E-state index >= 15 is 0 Å². The summed E-state index contributed by atoms with van der Waals surface area (Å²) in [7, 11) is 6.87. The van der Waals surface area contributed by atoms with Gasteiger partial charge in [-0.05, 0) is 52.2 Å². The fourth-order valence-electron chi connectivity index (χ4n) is 1.09. The summed E-state index contributed by atoms with van der Waals surface area (Å²) in [5.74, 6) is 0. The molecule has 0 bridgehead atoms. The van der Waals surface area contributed by atoms with Crippen molar-refractivity contribution >= 4 is 21.7 Å². The Hall–Kier alpha value is -0.140. The van der Waals surface area contributed by atoms with Crippen molar-refractivity contribution in [1.82, 2.24) is 0 Å². The summed E-state index contributed by atoms with van der Waals surface area (Å²) in [6, 6.07) is 8.45. The van der Waals surface area contributed by atoms with Gasteiger partial charge in [0.05, 0.1) is 0 Å². The maximum absolute atomic E-state index is 5.60. The molecular formula is C10H13ClS. The number of rotatable bonds is 4. The van der Waals surface area contributed by atoms with Crippen LogP contribution in [0.3, 0.4) is 0 Å². The van der Waals surface area contributed by atoms with E-state index in [1.54, 1.807) is 0 Å². The first-order valence-electron chi connectivity index (χ1n) is 4.24. The van der Waals surface area contributed by atoms with Gasteiger partial charge in [-0.1, -0.05) is 25.5 Å². The minimum atomic E-state index is 1.12. The van der Waals surface area contributed by atoms with E-state index in [1.165, 1.54) is 35.8 Å². The van der Waals surface area contributed by atoms with Crippen molar-refractivity contribution in [3.63, 3.8) is 0 Å². The molecule has 0 aliphatic carbocycles. The number of unbranched alkanes of at least 4 members (excludes halogenated alkanes) is 1. The van der Waals surface area contributed by atoms with Crippen molar-refractivity contribution in [1.29, 1.82) is 0 Å². The maximum Gasteiger partial charge on any atom is 0.0233 e. The Bertz CT molecular complexity index is 218. The monoisotopic (exact) mass is 200 g/mol. The van der Waals surface area contributed by atoms with Crippen LogP contribution in [0.4, 0.5) is 0 Å². The molecule has 0 spiro atoms. The SMILES string of the molecule is CCCCc1ccc(SCl)cc1. The fourth-order valence-corrected chi connectivity index (χ4v) is 1.64. The lowest BCUT2D eigenvalue weighted by Gasteiger charge is -1.99. The Kier molecular flexibility index (Phi) is 4.55. The molecule has 66 valence electrons. The molecule has 1 aromatic rings. The molecule has 0 atom stereocenters. The lowest BCUT2D eigenvalue weighted by Crippen LogP contribution is -1.83. The zero-order valence-electron chi connectivity index (χ0n) is 7.22. The van der Waals surface area contributed by atoms with Crippen LogP contribution in [0.2, 0.25) is 0 Å². The van der Waals surface area contributed by atoms with Crippen LogP contribution in [0.15, 0.2) is 29.2 Å². The molecule has 0 heterocycles. The highest BCUT2D eigenvalue weighted by Gasteiger charge is 1.93. The Morgan fingerprint density at radius 2 is 1.92 bits per heavy atom. The van der Waals surface area contributed by atoms with Gasteiger partial charge in [0.2, 0.25) is 0 Å². The molecular weight excluding hydrogens is 188 g/mol. The number of hydrogen-bond donors (Lipinski definition) is 0. The number of benzene rings is 1. The van der Waals surface area contributed by atoms with Crippen LogP contribution >= 0.6 is 21.7 Å². The standard InChI is InChI=1S/C10H13ClS/c1-2-3-4-9-5-7-10(12-11)8-6-9/h5-8H,2-4H2,1H3. The van der Waals surface area contributed by atoms with Crippen LogP contribution in [-0.2, 0) is 6.42 Å². The summed E-state index contributed by atoms with van der Waals surface area (Å²) in [4.78, 5) is 1.12. The van der Waals surface area contributed by atoms with E-state index in [9.17, 15) is 0 Å². The Morgan fingerprint density at radius 3 is 2.42 bits per heavy atom. The third kappa shape index (κ3) is 3.08. The molecule has 2 heteroatoms. The molecule has 0 amide bonds. The van der Waals surface area contributed by atoms with E-state index in [-0.39, 0.29) is 0 Å². The van der Waals surface area contributed by atoms with Gasteiger partial charge in [-0.2, -0.15) is 0 Å². The number of hydrogen-bond acceptors (Lipinski definition) is 1. The first-order chi connectivity index (χ1) is 5.86.